The fraction of sp³-hybridized carbons (Fsp3) is 0.333. The molecule has 0 spiro atoms. The van der Waals surface area contributed by atoms with Crippen molar-refractivity contribution in [3.05, 3.63) is 57.5 Å². The summed E-state index contributed by atoms with van der Waals surface area (Å²) in [5.74, 6) is 0.518. The van der Waals surface area contributed by atoms with E-state index in [0.29, 0.717) is 23.1 Å². The van der Waals surface area contributed by atoms with Crippen molar-refractivity contribution in [1.29, 1.82) is 0 Å². The SMILES string of the molecule is CCNC(=O)C(C)N(Cc1cccc(OC)c1)C(=O)COc1ccc(Br)cc1Cl. The number of benzene rings is 2. The van der Waals surface area contributed by atoms with Gasteiger partial charge in [0.05, 0.1) is 12.1 Å². The van der Waals surface area contributed by atoms with Crippen LogP contribution in [0.25, 0.3) is 0 Å². The van der Waals surface area contributed by atoms with Gasteiger partial charge in [-0.3, -0.25) is 9.59 Å². The molecule has 0 aliphatic carbocycles. The van der Waals surface area contributed by atoms with E-state index in [4.69, 9.17) is 21.1 Å². The Kier molecular flexibility index (Phi) is 8.79. The zero-order chi connectivity index (χ0) is 21.4. The van der Waals surface area contributed by atoms with E-state index >= 15 is 0 Å². The predicted octanol–water partition coefficient (Wildman–Crippen LogP) is 4.04. The van der Waals surface area contributed by atoms with Gasteiger partial charge in [0.25, 0.3) is 5.91 Å². The van der Waals surface area contributed by atoms with Gasteiger partial charge >= 0.3 is 0 Å². The molecule has 0 bridgehead atoms. The Balaban J connectivity index is 2.18. The number of carbonyl (C=O) groups is 2. The van der Waals surface area contributed by atoms with Gasteiger partial charge in [0.2, 0.25) is 5.91 Å². The molecular formula is C21H24BrClN2O4. The van der Waals surface area contributed by atoms with Gasteiger partial charge in [0.15, 0.2) is 6.61 Å². The second-order valence-corrected chi connectivity index (χ2v) is 7.63. The molecule has 0 aliphatic heterocycles. The van der Waals surface area contributed by atoms with Crippen LogP contribution in [0.3, 0.4) is 0 Å². The molecule has 0 aromatic heterocycles. The molecule has 2 amide bonds. The highest BCUT2D eigenvalue weighted by Gasteiger charge is 2.26. The van der Waals surface area contributed by atoms with E-state index in [0.717, 1.165) is 10.0 Å². The van der Waals surface area contributed by atoms with Crippen LogP contribution >= 0.6 is 27.5 Å². The van der Waals surface area contributed by atoms with Gasteiger partial charge in [-0.05, 0) is 49.7 Å². The van der Waals surface area contributed by atoms with Crippen LogP contribution in [0.2, 0.25) is 5.02 Å². The number of rotatable bonds is 9. The molecule has 0 saturated heterocycles. The molecule has 2 aromatic rings. The molecule has 0 aliphatic rings. The molecule has 2 aromatic carbocycles. The van der Waals surface area contributed by atoms with E-state index in [-0.39, 0.29) is 25.0 Å². The van der Waals surface area contributed by atoms with Crippen molar-refractivity contribution in [3.8, 4) is 11.5 Å². The van der Waals surface area contributed by atoms with Crippen molar-refractivity contribution in [2.24, 2.45) is 0 Å². The maximum absolute atomic E-state index is 12.9. The number of carbonyl (C=O) groups excluding carboxylic acids is 2. The van der Waals surface area contributed by atoms with E-state index < -0.39 is 6.04 Å². The largest absolute Gasteiger partial charge is 0.497 e. The normalized spacial score (nSPS) is 11.5. The monoisotopic (exact) mass is 482 g/mol. The summed E-state index contributed by atoms with van der Waals surface area (Å²) in [6.07, 6.45) is 0. The fourth-order valence-corrected chi connectivity index (χ4v) is 3.41. The van der Waals surface area contributed by atoms with Crippen LogP contribution in [-0.4, -0.2) is 43.0 Å². The van der Waals surface area contributed by atoms with E-state index in [1.165, 1.54) is 4.90 Å². The zero-order valence-corrected chi connectivity index (χ0v) is 18.9. The summed E-state index contributed by atoms with van der Waals surface area (Å²) >= 11 is 9.48. The Labute approximate surface area is 184 Å². The number of hydrogen-bond donors (Lipinski definition) is 1. The Hall–Kier alpha value is -2.25. The molecule has 0 heterocycles. The molecule has 2 rings (SSSR count). The van der Waals surface area contributed by atoms with Gasteiger partial charge in [0, 0.05) is 17.6 Å². The molecule has 1 unspecified atom stereocenters. The van der Waals surface area contributed by atoms with Crippen LogP contribution in [0.5, 0.6) is 11.5 Å². The minimum absolute atomic E-state index is 0.231. The van der Waals surface area contributed by atoms with Crippen molar-refractivity contribution < 1.29 is 19.1 Å². The standard InChI is InChI=1S/C21H24BrClN2O4/c1-4-24-21(27)14(2)25(12-15-6-5-7-17(10-15)28-3)20(26)13-29-19-9-8-16(22)11-18(19)23/h5-11,14H,4,12-13H2,1-3H3,(H,24,27). The van der Waals surface area contributed by atoms with Crippen LogP contribution in [0.4, 0.5) is 0 Å². The highest BCUT2D eigenvalue weighted by Crippen LogP contribution is 2.27. The number of likely N-dealkylation sites (N-methyl/N-ethyl adjacent to an activating group) is 1. The van der Waals surface area contributed by atoms with E-state index in [1.807, 2.05) is 31.2 Å². The summed E-state index contributed by atoms with van der Waals surface area (Å²) in [7, 11) is 1.58. The smallest absolute Gasteiger partial charge is 0.261 e. The molecule has 29 heavy (non-hydrogen) atoms. The molecule has 156 valence electrons. The van der Waals surface area contributed by atoms with Gasteiger partial charge in [0.1, 0.15) is 17.5 Å². The van der Waals surface area contributed by atoms with Crippen molar-refractivity contribution in [1.82, 2.24) is 10.2 Å². The van der Waals surface area contributed by atoms with Gasteiger partial charge in [-0.15, -0.1) is 0 Å². The van der Waals surface area contributed by atoms with Crippen LogP contribution in [0.1, 0.15) is 19.4 Å². The van der Waals surface area contributed by atoms with Crippen molar-refractivity contribution >= 4 is 39.3 Å². The third-order valence-electron chi connectivity index (χ3n) is 4.25. The average molecular weight is 484 g/mol. The predicted molar refractivity (Wildman–Crippen MR) is 116 cm³/mol. The van der Waals surface area contributed by atoms with E-state index in [9.17, 15) is 9.59 Å². The third-order valence-corrected chi connectivity index (χ3v) is 5.04. The van der Waals surface area contributed by atoms with Gasteiger partial charge in [-0.2, -0.15) is 0 Å². The lowest BCUT2D eigenvalue weighted by atomic mass is 10.1. The summed E-state index contributed by atoms with van der Waals surface area (Å²) < 4.78 is 11.7. The number of ether oxygens (including phenoxy) is 2. The summed E-state index contributed by atoms with van der Waals surface area (Å²) in [5.41, 5.74) is 0.843. The molecular weight excluding hydrogens is 460 g/mol. The summed E-state index contributed by atoms with van der Waals surface area (Å²) in [4.78, 5) is 26.8. The van der Waals surface area contributed by atoms with E-state index in [1.54, 1.807) is 32.2 Å². The minimum atomic E-state index is -0.669. The van der Waals surface area contributed by atoms with Crippen LogP contribution in [0, 0.1) is 0 Å². The van der Waals surface area contributed by atoms with Gasteiger partial charge < -0.3 is 19.7 Å². The highest BCUT2D eigenvalue weighted by atomic mass is 79.9. The van der Waals surface area contributed by atoms with E-state index in [2.05, 4.69) is 21.2 Å². The quantitative estimate of drug-likeness (QED) is 0.584. The second-order valence-electron chi connectivity index (χ2n) is 6.31. The highest BCUT2D eigenvalue weighted by molar-refractivity contribution is 9.10. The summed E-state index contributed by atoms with van der Waals surface area (Å²) in [6.45, 7) is 4.00. The Morgan fingerprint density at radius 1 is 1.24 bits per heavy atom. The Morgan fingerprint density at radius 3 is 2.66 bits per heavy atom. The van der Waals surface area contributed by atoms with Crippen molar-refractivity contribution in [2.45, 2.75) is 26.4 Å². The first kappa shape index (κ1) is 23.0. The molecule has 1 N–H and O–H groups in total. The fourth-order valence-electron chi connectivity index (χ4n) is 2.69. The molecule has 1 atom stereocenters. The number of halogens is 2. The topological polar surface area (TPSA) is 67.9 Å². The van der Waals surface area contributed by atoms with Crippen LogP contribution < -0.4 is 14.8 Å². The molecule has 6 nitrogen and oxygen atoms in total. The Bertz CT molecular complexity index is 862. The number of hydrogen-bond acceptors (Lipinski definition) is 4. The lowest BCUT2D eigenvalue weighted by Crippen LogP contribution is -2.49. The van der Waals surface area contributed by atoms with Gasteiger partial charge in [-0.25, -0.2) is 0 Å². The number of methoxy groups -OCH3 is 1. The minimum Gasteiger partial charge on any atom is -0.497 e. The van der Waals surface area contributed by atoms with Gasteiger partial charge in [-0.1, -0.05) is 39.7 Å². The maximum Gasteiger partial charge on any atom is 0.261 e. The first-order valence-corrected chi connectivity index (χ1v) is 10.3. The number of nitrogens with zero attached hydrogens (tertiary/aromatic N) is 1. The first-order chi connectivity index (χ1) is 13.8. The van der Waals surface area contributed by atoms with Crippen LogP contribution in [0.15, 0.2) is 46.9 Å². The van der Waals surface area contributed by atoms with Crippen molar-refractivity contribution in [3.63, 3.8) is 0 Å². The molecule has 0 fully saturated rings. The molecule has 0 saturated carbocycles. The first-order valence-electron chi connectivity index (χ1n) is 9.13. The summed E-state index contributed by atoms with van der Waals surface area (Å²) in [6, 6.07) is 11.8. The average Bonchev–Trinajstić information content (AvgIpc) is 2.71. The van der Waals surface area contributed by atoms with Crippen molar-refractivity contribution in [2.75, 3.05) is 20.3 Å². The number of nitrogens with one attached hydrogen (secondary N) is 1. The lowest BCUT2D eigenvalue weighted by molar-refractivity contribution is -0.142. The zero-order valence-electron chi connectivity index (χ0n) is 16.6. The Morgan fingerprint density at radius 2 is 2.00 bits per heavy atom. The lowest BCUT2D eigenvalue weighted by Gasteiger charge is -2.28. The van der Waals surface area contributed by atoms with Crippen LogP contribution in [-0.2, 0) is 16.1 Å². The second kappa shape index (κ2) is 11.1. The molecule has 8 heteroatoms. The summed E-state index contributed by atoms with van der Waals surface area (Å²) in [5, 5.41) is 3.15. The number of amides is 2. The maximum atomic E-state index is 12.9. The third kappa shape index (κ3) is 6.65. The molecule has 0 radical (unpaired) electrons.